The lowest BCUT2D eigenvalue weighted by Gasteiger charge is -2.25. The molecule has 0 amide bonds. The molecule has 1 aliphatic heterocycles. The van der Waals surface area contributed by atoms with Crippen LogP contribution in [0.25, 0.3) is 0 Å². The molecule has 1 aliphatic rings. The maximum atomic E-state index is 7.60. The predicted molar refractivity (Wildman–Crippen MR) is 47.2 cm³/mol. The van der Waals surface area contributed by atoms with E-state index in [1.54, 1.807) is 0 Å². The first-order chi connectivity index (χ1) is 7.09. The first-order valence-corrected chi connectivity index (χ1v) is 4.26. The lowest BCUT2D eigenvalue weighted by Crippen LogP contribution is -2.38. The summed E-state index contributed by atoms with van der Waals surface area (Å²) in [5.74, 6) is 0.0292. The van der Waals surface area contributed by atoms with Crippen LogP contribution in [0.4, 0.5) is 0 Å². The van der Waals surface area contributed by atoms with Crippen LogP contribution in [-0.4, -0.2) is 24.3 Å². The first-order valence-electron chi connectivity index (χ1n) is 4.97. The average Bonchev–Trinajstić information content (AvgIpc) is 2.15. The van der Waals surface area contributed by atoms with E-state index in [1.807, 2.05) is 0 Å². The molecule has 0 saturated carbocycles. The molecule has 2 rings (SSSR count). The van der Waals surface area contributed by atoms with E-state index in [1.165, 1.54) is 0 Å². The third kappa shape index (κ3) is 1.76. The van der Waals surface area contributed by atoms with Gasteiger partial charge in [0, 0.05) is 16.7 Å². The summed E-state index contributed by atoms with van der Waals surface area (Å²) in [5.41, 5.74) is 0. The van der Waals surface area contributed by atoms with Gasteiger partial charge in [0.2, 0.25) is 5.88 Å². The fourth-order valence-corrected chi connectivity index (χ4v) is 0.948. The van der Waals surface area contributed by atoms with Gasteiger partial charge in [-0.1, -0.05) is 0 Å². The molecule has 0 radical (unpaired) electrons. The Morgan fingerprint density at radius 2 is 2.50 bits per heavy atom. The normalized spacial score (nSPS) is 20.6. The van der Waals surface area contributed by atoms with Crippen LogP contribution >= 0.6 is 15.9 Å². The Balaban J connectivity index is 2.30. The fourth-order valence-electron chi connectivity index (χ4n) is 0.760. The Morgan fingerprint density at radius 3 is 3.17 bits per heavy atom. The van der Waals surface area contributed by atoms with Gasteiger partial charge in [0.25, 0.3) is 0 Å². The van der Waals surface area contributed by atoms with Gasteiger partial charge in [-0.25, -0.2) is 4.98 Å². The Bertz CT molecular complexity index is 398. The third-order valence-corrected chi connectivity index (χ3v) is 1.80. The Labute approximate surface area is 83.0 Å². The lowest BCUT2D eigenvalue weighted by atomic mass is 10.3. The molecule has 1 aromatic heterocycles. The zero-order valence-corrected chi connectivity index (χ0v) is 7.72. The van der Waals surface area contributed by atoms with E-state index in [0.29, 0.717) is 13.2 Å². The van der Waals surface area contributed by atoms with Gasteiger partial charge in [0.1, 0.15) is 6.10 Å². The zero-order valence-electron chi connectivity index (χ0n) is 9.13. The number of pyridine rings is 1. The molecule has 0 aliphatic carbocycles. The fraction of sp³-hybridized carbons (Fsp3) is 0.375. The minimum absolute atomic E-state index is 0.0292. The summed E-state index contributed by atoms with van der Waals surface area (Å²) >= 11 is 3.02. The summed E-state index contributed by atoms with van der Waals surface area (Å²) in [6.45, 7) is 0.940. The van der Waals surface area contributed by atoms with E-state index in [0.717, 1.165) is 0 Å². The SMILES string of the molecule is [2H]c1nc(OC2COC2)c([2H])c([2H])c1Br. The molecule has 1 saturated heterocycles. The molecule has 12 heavy (non-hydrogen) atoms. The number of ether oxygens (including phenoxy) is 2. The van der Waals surface area contributed by atoms with Crippen molar-refractivity contribution in [1.29, 1.82) is 0 Å². The van der Waals surface area contributed by atoms with E-state index in [4.69, 9.17) is 13.6 Å². The molecule has 3 nitrogen and oxygen atoms in total. The Hall–Kier alpha value is -0.610. The monoisotopic (exact) mass is 232 g/mol. The average molecular weight is 233 g/mol. The van der Waals surface area contributed by atoms with Crippen LogP contribution in [0.1, 0.15) is 4.11 Å². The van der Waals surface area contributed by atoms with Crippen LogP contribution in [0.3, 0.4) is 0 Å². The van der Waals surface area contributed by atoms with Gasteiger partial charge in [0.15, 0.2) is 0 Å². The number of rotatable bonds is 2. The number of hydrogen-bond acceptors (Lipinski definition) is 3. The van der Waals surface area contributed by atoms with Crippen LogP contribution in [0, 0.1) is 0 Å². The molecule has 0 bridgehead atoms. The van der Waals surface area contributed by atoms with Crippen molar-refractivity contribution in [3.63, 3.8) is 0 Å². The minimum atomic E-state index is -0.110. The topological polar surface area (TPSA) is 31.4 Å². The molecule has 2 heterocycles. The quantitative estimate of drug-likeness (QED) is 0.777. The molecule has 1 fully saturated rings. The van der Waals surface area contributed by atoms with Crippen molar-refractivity contribution in [3.8, 4) is 5.88 Å². The van der Waals surface area contributed by atoms with Gasteiger partial charge in [0.05, 0.1) is 17.3 Å². The largest absolute Gasteiger partial charge is 0.469 e. The summed E-state index contributed by atoms with van der Waals surface area (Å²) in [6.07, 6.45) is -0.201. The molecule has 0 aromatic carbocycles. The van der Waals surface area contributed by atoms with E-state index >= 15 is 0 Å². The van der Waals surface area contributed by atoms with Crippen molar-refractivity contribution in [2.75, 3.05) is 13.2 Å². The maximum absolute atomic E-state index is 7.60. The molecule has 4 heteroatoms. The number of aromatic nitrogens is 1. The maximum Gasteiger partial charge on any atom is 0.213 e. The van der Waals surface area contributed by atoms with Gasteiger partial charge in [-0.3, -0.25) is 0 Å². The second-order valence-electron chi connectivity index (χ2n) is 2.37. The predicted octanol–water partition coefficient (Wildman–Crippen LogP) is 1.62. The molecule has 64 valence electrons. The van der Waals surface area contributed by atoms with E-state index in [9.17, 15) is 0 Å². The van der Waals surface area contributed by atoms with Crippen LogP contribution in [-0.2, 0) is 4.74 Å². The van der Waals surface area contributed by atoms with Crippen molar-refractivity contribution in [2.24, 2.45) is 0 Å². The van der Waals surface area contributed by atoms with Crippen LogP contribution in [0.2, 0.25) is 0 Å². The first kappa shape index (κ1) is 5.19. The highest BCUT2D eigenvalue weighted by atomic mass is 79.9. The van der Waals surface area contributed by atoms with Gasteiger partial charge < -0.3 is 9.47 Å². The minimum Gasteiger partial charge on any atom is -0.469 e. The molecule has 0 spiro atoms. The van der Waals surface area contributed by atoms with E-state index < -0.39 is 0 Å². The number of nitrogens with zero attached hydrogens (tertiary/aromatic N) is 1. The van der Waals surface area contributed by atoms with Gasteiger partial charge >= 0.3 is 0 Å². The van der Waals surface area contributed by atoms with Crippen molar-refractivity contribution in [1.82, 2.24) is 4.98 Å². The van der Waals surface area contributed by atoms with E-state index in [-0.39, 0.29) is 34.7 Å². The summed E-state index contributed by atoms with van der Waals surface area (Å²) in [5, 5.41) is 0. The number of halogens is 1. The summed E-state index contributed by atoms with van der Waals surface area (Å²) < 4.78 is 33.0. The van der Waals surface area contributed by atoms with Crippen molar-refractivity contribution >= 4 is 15.9 Å². The smallest absolute Gasteiger partial charge is 0.213 e. The second kappa shape index (κ2) is 3.41. The third-order valence-electron chi connectivity index (χ3n) is 1.42. The van der Waals surface area contributed by atoms with Crippen LogP contribution in [0.15, 0.2) is 22.7 Å². The molecule has 0 unspecified atom stereocenters. The highest BCUT2D eigenvalue weighted by Crippen LogP contribution is 2.15. The van der Waals surface area contributed by atoms with Crippen molar-refractivity contribution in [3.05, 3.63) is 22.7 Å². The van der Waals surface area contributed by atoms with Crippen molar-refractivity contribution in [2.45, 2.75) is 6.10 Å². The van der Waals surface area contributed by atoms with Crippen molar-refractivity contribution < 1.29 is 13.6 Å². The molecule has 0 N–H and O–H groups in total. The lowest BCUT2D eigenvalue weighted by molar-refractivity contribution is -0.0813. The molecular formula is C8H8BrNO2. The summed E-state index contributed by atoms with van der Waals surface area (Å²) in [4.78, 5) is 3.79. The Kier molecular flexibility index (Phi) is 1.48. The Morgan fingerprint density at radius 1 is 1.67 bits per heavy atom. The second-order valence-corrected chi connectivity index (χ2v) is 3.16. The highest BCUT2D eigenvalue weighted by Gasteiger charge is 2.20. The standard InChI is InChI=1S/C8H8BrNO2/c9-6-1-2-8(10-3-6)12-7-4-11-5-7/h1-3,7H,4-5H2/i1D,2D,3D. The molecular weight excluding hydrogens is 222 g/mol. The summed E-state index contributed by atoms with van der Waals surface area (Å²) in [6, 6.07) is -0.185. The van der Waals surface area contributed by atoms with Gasteiger partial charge in [-0.2, -0.15) is 0 Å². The highest BCUT2D eigenvalue weighted by molar-refractivity contribution is 9.10. The van der Waals surface area contributed by atoms with Crippen LogP contribution in [0.5, 0.6) is 5.88 Å². The number of hydrogen-bond donors (Lipinski definition) is 0. The van der Waals surface area contributed by atoms with Gasteiger partial charge in [-0.05, 0) is 22.0 Å². The molecule has 0 atom stereocenters. The molecule has 1 aromatic rings. The van der Waals surface area contributed by atoms with Gasteiger partial charge in [-0.15, -0.1) is 0 Å². The van der Waals surface area contributed by atoms with Crippen LogP contribution < -0.4 is 4.74 Å². The summed E-state index contributed by atoms with van der Waals surface area (Å²) in [7, 11) is 0. The van der Waals surface area contributed by atoms with E-state index in [2.05, 4.69) is 20.9 Å². The zero-order chi connectivity index (χ0) is 11.0.